The molecule has 1 aromatic heterocycles. The molecule has 1 saturated heterocycles. The fraction of sp³-hybridized carbons (Fsp3) is 0.261. The van der Waals surface area contributed by atoms with Crippen LogP contribution in [0.25, 0.3) is 16.9 Å². The van der Waals surface area contributed by atoms with Crippen molar-refractivity contribution in [3.63, 3.8) is 0 Å². The molecule has 0 unspecified atom stereocenters. The molecule has 1 amide bonds. The predicted molar refractivity (Wildman–Crippen MR) is 117 cm³/mol. The Balaban J connectivity index is 1.81. The highest BCUT2D eigenvalue weighted by atomic mass is 35.5. The van der Waals surface area contributed by atoms with Crippen LogP contribution >= 0.6 is 11.6 Å². The first kappa shape index (κ1) is 23.0. The Kier molecular flexibility index (Phi) is 6.83. The van der Waals surface area contributed by atoms with Gasteiger partial charge in [0, 0.05) is 18.1 Å². The lowest BCUT2D eigenvalue weighted by Crippen LogP contribution is -2.45. The van der Waals surface area contributed by atoms with Crippen LogP contribution in [0.3, 0.4) is 0 Å². The second-order valence-corrected chi connectivity index (χ2v) is 8.06. The summed E-state index contributed by atoms with van der Waals surface area (Å²) in [5, 5.41) is 16.5. The van der Waals surface area contributed by atoms with Gasteiger partial charge in [0.25, 0.3) is 11.5 Å². The van der Waals surface area contributed by atoms with E-state index in [4.69, 9.17) is 16.3 Å². The number of aromatic nitrogens is 2. The van der Waals surface area contributed by atoms with E-state index in [9.17, 15) is 23.5 Å². The van der Waals surface area contributed by atoms with Crippen LogP contribution in [0, 0.1) is 17.6 Å². The molecule has 0 aliphatic carbocycles. The maximum atomic E-state index is 14.1. The fourth-order valence-electron chi connectivity index (χ4n) is 3.67. The van der Waals surface area contributed by atoms with Gasteiger partial charge in [0.05, 0.1) is 35.7 Å². The van der Waals surface area contributed by atoms with E-state index in [0.29, 0.717) is 19.6 Å². The van der Waals surface area contributed by atoms with E-state index in [1.807, 2.05) is 0 Å². The van der Waals surface area contributed by atoms with Gasteiger partial charge in [-0.25, -0.2) is 8.78 Å². The summed E-state index contributed by atoms with van der Waals surface area (Å²) in [4.78, 5) is 26.2. The monoisotopic (exact) mass is 475 g/mol. The first-order chi connectivity index (χ1) is 15.9. The van der Waals surface area contributed by atoms with Gasteiger partial charge in [0.2, 0.25) is 0 Å². The molecule has 172 valence electrons. The van der Waals surface area contributed by atoms with Crippen LogP contribution in [-0.2, 0) is 4.74 Å². The van der Waals surface area contributed by atoms with Crippen LogP contribution in [-0.4, -0.2) is 46.7 Å². The van der Waals surface area contributed by atoms with Crippen molar-refractivity contribution < 1.29 is 23.4 Å². The maximum absolute atomic E-state index is 14.1. The molecular formula is C23H20ClF2N3O4. The number of aliphatic hydroxyl groups is 1. The van der Waals surface area contributed by atoms with Crippen LogP contribution in [0.15, 0.2) is 53.3 Å². The molecule has 7 nitrogen and oxygen atoms in total. The normalized spacial score (nSPS) is 16.5. The third-order valence-electron chi connectivity index (χ3n) is 5.47. The van der Waals surface area contributed by atoms with E-state index in [2.05, 4.69) is 10.4 Å². The third kappa shape index (κ3) is 4.95. The molecule has 2 atom stereocenters. The van der Waals surface area contributed by atoms with Gasteiger partial charge >= 0.3 is 0 Å². The summed E-state index contributed by atoms with van der Waals surface area (Å²) in [6, 6.07) is 9.70. The Morgan fingerprint density at radius 2 is 2.09 bits per heavy atom. The highest BCUT2D eigenvalue weighted by Crippen LogP contribution is 2.24. The molecule has 0 spiro atoms. The summed E-state index contributed by atoms with van der Waals surface area (Å²) >= 11 is 5.76. The number of rotatable bonds is 6. The van der Waals surface area contributed by atoms with Crippen LogP contribution in [0.4, 0.5) is 8.78 Å². The van der Waals surface area contributed by atoms with Crippen molar-refractivity contribution in [1.29, 1.82) is 0 Å². The number of halogens is 3. The molecule has 1 aliphatic rings. The van der Waals surface area contributed by atoms with Gasteiger partial charge in [-0.1, -0.05) is 23.7 Å². The standard InChI is InChI=1S/C23H20ClF2N3O4/c24-18-5-4-13(8-19(18)26)20-10-17(22(31)27-21(11-30)14-6-7-33-12-14)23(32)29(28-20)16-3-1-2-15(25)9-16/h1-5,8-10,14,21,30H,6-7,11-12H2,(H,27,31)/t14-,21-/m0/s1. The first-order valence-electron chi connectivity index (χ1n) is 10.2. The minimum Gasteiger partial charge on any atom is -0.394 e. The number of aliphatic hydroxyl groups excluding tert-OH is 1. The third-order valence-corrected chi connectivity index (χ3v) is 5.78. The summed E-state index contributed by atoms with van der Waals surface area (Å²) in [7, 11) is 0. The second kappa shape index (κ2) is 9.78. The molecule has 33 heavy (non-hydrogen) atoms. The molecule has 2 aromatic carbocycles. The number of ether oxygens (including phenoxy) is 1. The van der Waals surface area contributed by atoms with Crippen LogP contribution < -0.4 is 10.9 Å². The predicted octanol–water partition coefficient (Wildman–Crippen LogP) is 2.96. The van der Waals surface area contributed by atoms with Crippen molar-refractivity contribution in [2.75, 3.05) is 19.8 Å². The van der Waals surface area contributed by atoms with Crippen LogP contribution in [0.5, 0.6) is 0 Å². The molecular weight excluding hydrogens is 456 g/mol. The van der Waals surface area contributed by atoms with Gasteiger partial charge in [-0.05, 0) is 42.8 Å². The van der Waals surface area contributed by atoms with Crippen molar-refractivity contribution in [3.05, 3.63) is 81.1 Å². The molecule has 2 N–H and O–H groups in total. The zero-order valence-electron chi connectivity index (χ0n) is 17.3. The topological polar surface area (TPSA) is 93.4 Å². The zero-order valence-corrected chi connectivity index (χ0v) is 18.1. The van der Waals surface area contributed by atoms with Crippen molar-refractivity contribution in [1.82, 2.24) is 15.1 Å². The summed E-state index contributed by atoms with van der Waals surface area (Å²) in [6.45, 7) is 0.563. The highest BCUT2D eigenvalue weighted by Gasteiger charge is 2.28. The van der Waals surface area contributed by atoms with Crippen LogP contribution in [0.1, 0.15) is 16.8 Å². The Morgan fingerprint density at radius 3 is 2.76 bits per heavy atom. The quantitative estimate of drug-likeness (QED) is 0.572. The lowest BCUT2D eigenvalue weighted by Gasteiger charge is -2.21. The fourth-order valence-corrected chi connectivity index (χ4v) is 3.78. The van der Waals surface area contributed by atoms with E-state index < -0.39 is 29.1 Å². The van der Waals surface area contributed by atoms with E-state index >= 15 is 0 Å². The number of amides is 1. The summed E-state index contributed by atoms with van der Waals surface area (Å²) in [5.41, 5.74) is -0.635. The van der Waals surface area contributed by atoms with Crippen LogP contribution in [0.2, 0.25) is 5.02 Å². The van der Waals surface area contributed by atoms with Crippen molar-refractivity contribution >= 4 is 17.5 Å². The minimum atomic E-state index is -0.796. The molecule has 1 fully saturated rings. The van der Waals surface area contributed by atoms with E-state index in [1.54, 1.807) is 0 Å². The number of hydrogen-bond donors (Lipinski definition) is 2. The van der Waals surface area contributed by atoms with Gasteiger partial charge in [-0.15, -0.1) is 0 Å². The summed E-state index contributed by atoms with van der Waals surface area (Å²) < 4.78 is 34.1. The Labute approximate surface area is 192 Å². The van der Waals surface area contributed by atoms with Gasteiger partial charge in [-0.2, -0.15) is 9.78 Å². The van der Waals surface area contributed by atoms with E-state index in [0.717, 1.165) is 16.8 Å². The first-order valence-corrected chi connectivity index (χ1v) is 10.6. The van der Waals surface area contributed by atoms with Crippen molar-refractivity contribution in [2.45, 2.75) is 12.5 Å². The number of nitrogens with zero attached hydrogens (tertiary/aromatic N) is 2. The molecule has 0 bridgehead atoms. The molecule has 10 heteroatoms. The Morgan fingerprint density at radius 1 is 1.27 bits per heavy atom. The number of carbonyl (C=O) groups excluding carboxylic acids is 1. The SMILES string of the molecule is O=C(N[C@@H](CO)[C@H]1CCOC1)c1cc(-c2ccc(Cl)c(F)c2)nn(-c2cccc(F)c2)c1=O. The molecule has 0 radical (unpaired) electrons. The average molecular weight is 476 g/mol. The molecule has 0 saturated carbocycles. The van der Waals surface area contributed by atoms with E-state index in [1.165, 1.54) is 36.4 Å². The molecule has 3 aromatic rings. The lowest BCUT2D eigenvalue weighted by molar-refractivity contribution is 0.0875. The van der Waals surface area contributed by atoms with Gasteiger partial charge < -0.3 is 15.2 Å². The molecule has 2 heterocycles. The highest BCUT2D eigenvalue weighted by molar-refractivity contribution is 6.30. The lowest BCUT2D eigenvalue weighted by atomic mass is 9.99. The van der Waals surface area contributed by atoms with Gasteiger partial charge in [0.1, 0.15) is 17.2 Å². The smallest absolute Gasteiger partial charge is 0.284 e. The van der Waals surface area contributed by atoms with Gasteiger partial charge in [0.15, 0.2) is 0 Å². The Bertz CT molecular complexity index is 1240. The maximum Gasteiger partial charge on any atom is 0.284 e. The second-order valence-electron chi connectivity index (χ2n) is 7.66. The molecule has 4 rings (SSSR count). The summed E-state index contributed by atoms with van der Waals surface area (Å²) in [5.74, 6) is -2.14. The summed E-state index contributed by atoms with van der Waals surface area (Å²) in [6.07, 6.45) is 0.657. The number of nitrogens with one attached hydrogen (secondary N) is 1. The van der Waals surface area contributed by atoms with Crippen molar-refractivity contribution in [3.8, 4) is 16.9 Å². The average Bonchev–Trinajstić information content (AvgIpc) is 3.34. The zero-order chi connectivity index (χ0) is 23.5. The van der Waals surface area contributed by atoms with Gasteiger partial charge in [-0.3, -0.25) is 9.59 Å². The number of carbonyl (C=O) groups is 1. The van der Waals surface area contributed by atoms with Crippen molar-refractivity contribution in [2.24, 2.45) is 5.92 Å². The largest absolute Gasteiger partial charge is 0.394 e. The minimum absolute atomic E-state index is 0.0910. The number of hydrogen-bond acceptors (Lipinski definition) is 5. The van der Waals surface area contributed by atoms with E-state index in [-0.39, 0.29) is 40.1 Å². The number of benzene rings is 2. The Hall–Kier alpha value is -3.14. The molecule has 1 aliphatic heterocycles.